The van der Waals surface area contributed by atoms with Crippen LogP contribution in [0.15, 0.2) is 30.5 Å². The average Bonchev–Trinajstić information content (AvgIpc) is 3.72. The van der Waals surface area contributed by atoms with Gasteiger partial charge < -0.3 is 14.8 Å². The molecule has 0 spiro atoms. The number of alkyl halides is 1. The van der Waals surface area contributed by atoms with Crippen LogP contribution in [0.25, 0.3) is 10.9 Å². The Morgan fingerprint density at radius 2 is 2.21 bits per heavy atom. The van der Waals surface area contributed by atoms with E-state index in [1.165, 1.54) is 22.0 Å². The van der Waals surface area contributed by atoms with Crippen LogP contribution in [0.4, 0.5) is 10.2 Å². The maximum Gasteiger partial charge on any atom is 0.133 e. The van der Waals surface area contributed by atoms with Gasteiger partial charge in [-0.1, -0.05) is 24.6 Å². The van der Waals surface area contributed by atoms with Gasteiger partial charge in [0.05, 0.1) is 31.5 Å². The minimum absolute atomic E-state index is 0.119. The lowest BCUT2D eigenvalue weighted by atomic mass is 9.97. The molecule has 3 aromatic rings. The number of aromatic nitrogens is 3. The van der Waals surface area contributed by atoms with Gasteiger partial charge in [-0.2, -0.15) is 5.10 Å². The zero-order valence-corrected chi connectivity index (χ0v) is 22.5. The number of rotatable bonds is 10. The van der Waals surface area contributed by atoms with Gasteiger partial charge in [-0.25, -0.2) is 9.37 Å². The second-order valence-corrected chi connectivity index (χ2v) is 11.2. The molecule has 1 N–H and O–H groups in total. The molecule has 2 saturated heterocycles. The van der Waals surface area contributed by atoms with E-state index in [1.54, 1.807) is 7.11 Å². The van der Waals surface area contributed by atoms with Gasteiger partial charge in [0, 0.05) is 54.9 Å². The van der Waals surface area contributed by atoms with Crippen molar-refractivity contribution >= 4 is 16.7 Å². The summed E-state index contributed by atoms with van der Waals surface area (Å²) in [4.78, 5) is 7.23. The first-order valence-electron chi connectivity index (χ1n) is 14.4. The third-order valence-corrected chi connectivity index (χ3v) is 8.58. The van der Waals surface area contributed by atoms with E-state index < -0.39 is 6.17 Å². The first-order valence-corrected chi connectivity index (χ1v) is 14.4. The average molecular weight is 522 g/mol. The minimum atomic E-state index is -0.746. The van der Waals surface area contributed by atoms with Crippen LogP contribution in [0.3, 0.4) is 0 Å². The Bertz CT molecular complexity index is 1220. The van der Waals surface area contributed by atoms with E-state index in [4.69, 9.17) is 19.6 Å². The first-order chi connectivity index (χ1) is 18.7. The van der Waals surface area contributed by atoms with Gasteiger partial charge in [-0.3, -0.25) is 9.58 Å². The van der Waals surface area contributed by atoms with E-state index in [-0.39, 0.29) is 5.92 Å². The largest absolute Gasteiger partial charge is 0.496 e. The third kappa shape index (κ3) is 5.38. The van der Waals surface area contributed by atoms with E-state index in [9.17, 15) is 0 Å². The fraction of sp³-hybridized carbons (Fsp3) is 0.600. The zero-order valence-electron chi connectivity index (χ0n) is 22.5. The number of anilines is 1. The summed E-state index contributed by atoms with van der Waals surface area (Å²) in [5, 5.41) is 9.27. The monoisotopic (exact) mass is 521 g/mol. The van der Waals surface area contributed by atoms with Crippen LogP contribution in [0.5, 0.6) is 5.75 Å². The molecule has 0 radical (unpaired) electrons. The van der Waals surface area contributed by atoms with E-state index in [1.807, 2.05) is 6.20 Å². The second kappa shape index (κ2) is 11.6. The number of methoxy groups -OCH3 is 1. The van der Waals surface area contributed by atoms with Gasteiger partial charge in [0.2, 0.25) is 0 Å². The lowest BCUT2D eigenvalue weighted by molar-refractivity contribution is 0.185. The molecule has 6 rings (SSSR count). The van der Waals surface area contributed by atoms with Crippen molar-refractivity contribution in [3.05, 3.63) is 47.3 Å². The zero-order chi connectivity index (χ0) is 25.9. The van der Waals surface area contributed by atoms with Gasteiger partial charge in [0.1, 0.15) is 17.7 Å². The first kappa shape index (κ1) is 25.6. The van der Waals surface area contributed by atoms with Crippen molar-refractivity contribution in [2.24, 2.45) is 5.92 Å². The summed E-state index contributed by atoms with van der Waals surface area (Å²) < 4.78 is 28.7. The molecule has 0 amide bonds. The Hall–Kier alpha value is -2.71. The predicted molar refractivity (Wildman–Crippen MR) is 148 cm³/mol. The van der Waals surface area contributed by atoms with Crippen LogP contribution >= 0.6 is 0 Å². The molecule has 204 valence electrons. The summed E-state index contributed by atoms with van der Waals surface area (Å²) in [7, 11) is 1.73. The van der Waals surface area contributed by atoms with Crippen molar-refractivity contribution in [3.63, 3.8) is 0 Å². The number of para-hydroxylation sites is 1. The van der Waals surface area contributed by atoms with Crippen molar-refractivity contribution < 1.29 is 13.9 Å². The second-order valence-electron chi connectivity index (χ2n) is 11.2. The molecule has 0 aliphatic carbocycles. The number of unbranched alkanes of at least 4 members (excludes halogenated alkanes) is 1. The predicted octanol–water partition coefficient (Wildman–Crippen LogP) is 5.33. The molecule has 38 heavy (non-hydrogen) atoms. The van der Waals surface area contributed by atoms with Crippen molar-refractivity contribution in [2.45, 2.75) is 70.1 Å². The summed E-state index contributed by atoms with van der Waals surface area (Å²) in [5.74, 6) is 2.02. The van der Waals surface area contributed by atoms with Crippen LogP contribution in [0, 0.1) is 5.92 Å². The molecule has 1 aromatic carbocycles. The lowest BCUT2D eigenvalue weighted by Gasteiger charge is -2.21. The Balaban J connectivity index is 1.00. The molecule has 5 heterocycles. The summed E-state index contributed by atoms with van der Waals surface area (Å²) >= 11 is 0. The maximum absolute atomic E-state index is 15.3. The number of hydrogen-bond acceptors (Lipinski definition) is 6. The number of ether oxygens (including phenoxy) is 2. The van der Waals surface area contributed by atoms with Crippen molar-refractivity contribution in [2.75, 3.05) is 45.3 Å². The number of nitrogens with zero attached hydrogens (tertiary/aromatic N) is 4. The summed E-state index contributed by atoms with van der Waals surface area (Å²) in [6.07, 6.45) is 8.60. The number of likely N-dealkylation sites (tertiary alicyclic amines) is 1. The molecule has 7 nitrogen and oxygen atoms in total. The molecule has 8 heteroatoms. The number of pyridine rings is 1. The molecule has 3 aliphatic heterocycles. The van der Waals surface area contributed by atoms with Crippen molar-refractivity contribution in [1.82, 2.24) is 19.7 Å². The van der Waals surface area contributed by atoms with Gasteiger partial charge in [-0.15, -0.1) is 0 Å². The summed E-state index contributed by atoms with van der Waals surface area (Å²) in [6, 6.07) is 8.83. The molecule has 3 aliphatic rings. The minimum Gasteiger partial charge on any atom is -0.496 e. The smallest absolute Gasteiger partial charge is 0.133 e. The summed E-state index contributed by atoms with van der Waals surface area (Å²) in [5.41, 5.74) is 4.72. The van der Waals surface area contributed by atoms with Gasteiger partial charge >= 0.3 is 0 Å². The number of benzene rings is 1. The van der Waals surface area contributed by atoms with Gasteiger partial charge in [0.15, 0.2) is 0 Å². The highest BCUT2D eigenvalue weighted by Gasteiger charge is 2.30. The van der Waals surface area contributed by atoms with Crippen molar-refractivity contribution in [3.8, 4) is 5.75 Å². The number of aryl methyl sites for hydroxylation is 1. The molecule has 2 aromatic heterocycles. The molecule has 2 fully saturated rings. The highest BCUT2D eigenvalue weighted by molar-refractivity contribution is 5.82. The van der Waals surface area contributed by atoms with E-state index >= 15 is 4.39 Å². The van der Waals surface area contributed by atoms with Gasteiger partial charge in [0.25, 0.3) is 0 Å². The normalized spacial score (nSPS) is 22.5. The Morgan fingerprint density at radius 1 is 1.26 bits per heavy atom. The van der Waals surface area contributed by atoms with Gasteiger partial charge in [-0.05, 0) is 57.1 Å². The third-order valence-electron chi connectivity index (χ3n) is 8.58. The van der Waals surface area contributed by atoms with Crippen molar-refractivity contribution in [1.29, 1.82) is 0 Å². The molecule has 0 unspecified atom stereocenters. The number of halogens is 1. The van der Waals surface area contributed by atoms with E-state index in [2.05, 4.69) is 39.2 Å². The van der Waals surface area contributed by atoms with Crippen LogP contribution in [0.2, 0.25) is 0 Å². The standard InChI is InChI=1S/C30H40FN5O2/c1-37-28-16-24(34-30-26(28)9-5-13-32-30)8-2-3-10-27(31)22-11-14-35(18-22)19-23-7-4-6-21-17-33-36(29(21)23)25-12-15-38-20-25/h4,6-7,16-17,22,25,27H,2-3,5,8-15,18-20H2,1H3,(H,32,34)/t22-,25+,27-/m1/s1. The fourth-order valence-electron chi connectivity index (χ4n) is 6.49. The molecule has 0 bridgehead atoms. The lowest BCUT2D eigenvalue weighted by Crippen LogP contribution is -2.24. The molecular weight excluding hydrogens is 481 g/mol. The highest BCUT2D eigenvalue weighted by Crippen LogP contribution is 2.32. The quantitative estimate of drug-likeness (QED) is 0.364. The topological polar surface area (TPSA) is 64.4 Å². The molecule has 0 saturated carbocycles. The number of fused-ring (bicyclic) bond motifs is 2. The Morgan fingerprint density at radius 3 is 3.08 bits per heavy atom. The van der Waals surface area contributed by atoms with Crippen LogP contribution in [-0.2, 0) is 24.1 Å². The maximum atomic E-state index is 15.3. The Labute approximate surface area is 224 Å². The highest BCUT2D eigenvalue weighted by atomic mass is 19.1. The fourth-order valence-corrected chi connectivity index (χ4v) is 6.49. The van der Waals surface area contributed by atoms with E-state index in [0.29, 0.717) is 12.5 Å². The van der Waals surface area contributed by atoms with Crippen LogP contribution in [-0.4, -0.2) is 65.8 Å². The molecule has 3 atom stereocenters. The van der Waals surface area contributed by atoms with E-state index in [0.717, 1.165) is 102 Å². The summed E-state index contributed by atoms with van der Waals surface area (Å²) in [6.45, 7) is 5.12. The van der Waals surface area contributed by atoms with Crippen LogP contribution in [0.1, 0.15) is 61.4 Å². The number of nitrogens with one attached hydrogen (secondary N) is 1. The molecular formula is C30H40FN5O2. The van der Waals surface area contributed by atoms with Crippen LogP contribution < -0.4 is 10.1 Å². The number of hydrogen-bond donors (Lipinski definition) is 1. The SMILES string of the molecule is COc1cc(CCCC[C@@H](F)[C@@H]2CCN(Cc3cccc4cnn([C@H]5CCOC5)c34)C2)nc2c1CCCN2. The Kier molecular flexibility index (Phi) is 7.79.